The Morgan fingerprint density at radius 2 is 2.09 bits per heavy atom. The monoisotopic (exact) mass is 454 g/mol. The van der Waals surface area contributed by atoms with Crippen LogP contribution >= 0.6 is 0 Å². The van der Waals surface area contributed by atoms with Crippen molar-refractivity contribution in [1.82, 2.24) is 10.4 Å². The number of hydrazone groups is 1. The fourth-order valence-corrected chi connectivity index (χ4v) is 4.80. The molecule has 2 heterocycles. The Morgan fingerprint density at radius 3 is 2.81 bits per heavy atom. The van der Waals surface area contributed by atoms with Crippen molar-refractivity contribution in [3.05, 3.63) is 59.9 Å². The normalized spacial score (nSPS) is 18.1. The van der Waals surface area contributed by atoms with E-state index in [1.165, 1.54) is 18.3 Å². The summed E-state index contributed by atoms with van der Waals surface area (Å²) in [4.78, 5) is 8.91. The second-order valence-corrected chi connectivity index (χ2v) is 9.74. The minimum absolute atomic E-state index is 0.0740. The van der Waals surface area contributed by atoms with Crippen molar-refractivity contribution in [1.29, 1.82) is 5.26 Å². The third-order valence-electron chi connectivity index (χ3n) is 5.15. The van der Waals surface area contributed by atoms with E-state index >= 15 is 0 Å². The van der Waals surface area contributed by atoms with Gasteiger partial charge >= 0.3 is 0 Å². The molecule has 1 aromatic heterocycles. The molecule has 3 rings (SSSR count). The summed E-state index contributed by atoms with van der Waals surface area (Å²) >= 11 is 0. The second kappa shape index (κ2) is 10.2. The van der Waals surface area contributed by atoms with E-state index in [-0.39, 0.29) is 29.1 Å². The average Bonchev–Trinajstić information content (AvgIpc) is 2.75. The van der Waals surface area contributed by atoms with Gasteiger partial charge in [0.15, 0.2) is 0 Å². The van der Waals surface area contributed by atoms with E-state index in [1.54, 1.807) is 30.6 Å². The molecule has 0 bridgehead atoms. The van der Waals surface area contributed by atoms with Crippen molar-refractivity contribution < 1.29 is 12.8 Å². The first-order chi connectivity index (χ1) is 15.3. The van der Waals surface area contributed by atoms with Crippen molar-refractivity contribution in [2.45, 2.75) is 19.8 Å². The van der Waals surface area contributed by atoms with E-state index in [1.807, 2.05) is 6.92 Å². The van der Waals surface area contributed by atoms with E-state index in [9.17, 15) is 12.8 Å². The molecule has 1 aliphatic rings. The Bertz CT molecular complexity index is 1260. The average molecular weight is 455 g/mol. The standard InChI is InChI=1S/C22H23FN6O2S/c1-15(16-5-8-32(30,31)9-6-16)26-13-19(14-28-29-22(25)4-7-24)18-10-17-11-20(23)2-3-21(17)27-12-18/h2-4,10-14,16,29H,5-6,8-9,25H2,1H3/b19-13-,22-4+,26-15?,28-14-. The molecule has 32 heavy (non-hydrogen) atoms. The fraction of sp³-hybridized carbons (Fsp3) is 0.273. The lowest BCUT2D eigenvalue weighted by molar-refractivity contribution is 0.548. The Labute approximate surface area is 186 Å². The Kier molecular flexibility index (Phi) is 7.33. The van der Waals surface area contributed by atoms with Gasteiger partial charge in [-0.3, -0.25) is 15.4 Å². The summed E-state index contributed by atoms with van der Waals surface area (Å²) in [5.41, 5.74) is 10.8. The number of nitrogens with zero attached hydrogens (tertiary/aromatic N) is 4. The highest BCUT2D eigenvalue weighted by Crippen LogP contribution is 2.22. The largest absolute Gasteiger partial charge is 0.384 e. The molecule has 0 radical (unpaired) electrons. The van der Waals surface area contributed by atoms with Crippen LogP contribution in [0.4, 0.5) is 4.39 Å². The lowest BCUT2D eigenvalue weighted by Gasteiger charge is -2.21. The molecular formula is C22H23FN6O2S. The van der Waals surface area contributed by atoms with Crippen molar-refractivity contribution in [3.8, 4) is 6.07 Å². The number of rotatable bonds is 6. The zero-order valence-corrected chi connectivity index (χ0v) is 18.3. The number of halogens is 1. The third kappa shape index (κ3) is 6.21. The number of fused-ring (bicyclic) bond motifs is 1. The number of pyridine rings is 1. The van der Waals surface area contributed by atoms with E-state index in [2.05, 4.69) is 20.5 Å². The van der Waals surface area contributed by atoms with Gasteiger partial charge in [0, 0.05) is 34.6 Å². The first-order valence-corrected chi connectivity index (χ1v) is 11.7. The Balaban J connectivity index is 1.92. The number of nitrogens with one attached hydrogen (secondary N) is 1. The number of nitriles is 1. The van der Waals surface area contributed by atoms with Gasteiger partial charge < -0.3 is 5.73 Å². The van der Waals surface area contributed by atoms with Crippen LogP contribution in [0, 0.1) is 23.1 Å². The molecule has 8 nitrogen and oxygen atoms in total. The molecule has 0 atom stereocenters. The van der Waals surface area contributed by atoms with Crippen LogP contribution in [0.15, 0.2) is 58.7 Å². The van der Waals surface area contributed by atoms with Crippen LogP contribution < -0.4 is 11.2 Å². The van der Waals surface area contributed by atoms with Crippen molar-refractivity contribution >= 4 is 38.2 Å². The maximum atomic E-state index is 13.7. The summed E-state index contributed by atoms with van der Waals surface area (Å²) in [7, 11) is -2.95. The molecule has 10 heteroatoms. The molecule has 1 saturated heterocycles. The van der Waals surface area contributed by atoms with Crippen LogP contribution in [0.3, 0.4) is 0 Å². The minimum atomic E-state index is -2.95. The van der Waals surface area contributed by atoms with Gasteiger partial charge in [-0.25, -0.2) is 12.8 Å². The van der Waals surface area contributed by atoms with E-state index in [0.29, 0.717) is 34.9 Å². The van der Waals surface area contributed by atoms with E-state index in [0.717, 1.165) is 11.8 Å². The quantitative estimate of drug-likeness (QED) is 0.392. The molecule has 1 aromatic carbocycles. The van der Waals surface area contributed by atoms with Crippen LogP contribution in [0.5, 0.6) is 0 Å². The first-order valence-electron chi connectivity index (χ1n) is 9.92. The summed E-state index contributed by atoms with van der Waals surface area (Å²) in [5, 5.41) is 13.3. The maximum Gasteiger partial charge on any atom is 0.150 e. The third-order valence-corrected chi connectivity index (χ3v) is 6.86. The number of hydrogen-bond donors (Lipinski definition) is 2. The summed E-state index contributed by atoms with van der Waals surface area (Å²) in [6.07, 6.45) is 6.91. The van der Waals surface area contributed by atoms with Gasteiger partial charge in [0.05, 0.1) is 35.4 Å². The molecule has 1 aliphatic heterocycles. The maximum absolute atomic E-state index is 13.7. The number of allylic oxidation sites excluding steroid dienone is 2. The number of aliphatic imine (C=N–C) groups is 1. The molecule has 166 valence electrons. The van der Waals surface area contributed by atoms with Crippen LogP contribution in [-0.4, -0.2) is 36.8 Å². The van der Waals surface area contributed by atoms with Crippen molar-refractivity contribution in [2.24, 2.45) is 21.7 Å². The highest BCUT2D eigenvalue weighted by molar-refractivity contribution is 7.91. The molecule has 0 saturated carbocycles. The number of aromatic nitrogens is 1. The van der Waals surface area contributed by atoms with Gasteiger partial charge in [-0.1, -0.05) is 0 Å². The molecule has 0 amide bonds. The number of nitrogens with two attached hydrogens (primary N) is 1. The summed E-state index contributed by atoms with van der Waals surface area (Å²) in [6.45, 7) is 1.87. The lowest BCUT2D eigenvalue weighted by Crippen LogP contribution is -2.27. The zero-order valence-electron chi connectivity index (χ0n) is 17.5. The fourth-order valence-electron chi connectivity index (χ4n) is 3.31. The predicted octanol–water partition coefficient (Wildman–Crippen LogP) is 2.90. The highest BCUT2D eigenvalue weighted by Gasteiger charge is 2.25. The molecule has 1 fully saturated rings. The van der Waals surface area contributed by atoms with Gasteiger partial charge in [-0.15, -0.1) is 0 Å². The Morgan fingerprint density at radius 1 is 1.34 bits per heavy atom. The molecule has 0 spiro atoms. The molecule has 3 N–H and O–H groups in total. The number of hydrogen-bond acceptors (Lipinski definition) is 8. The van der Waals surface area contributed by atoms with Crippen molar-refractivity contribution in [2.75, 3.05) is 11.5 Å². The number of sulfone groups is 1. The van der Waals surface area contributed by atoms with Gasteiger partial charge in [0.2, 0.25) is 0 Å². The highest BCUT2D eigenvalue weighted by atomic mass is 32.2. The smallest absolute Gasteiger partial charge is 0.150 e. The molecular weight excluding hydrogens is 431 g/mol. The van der Waals surface area contributed by atoms with Gasteiger partial charge in [0.25, 0.3) is 0 Å². The topological polar surface area (TPSA) is 134 Å². The number of benzene rings is 1. The summed E-state index contributed by atoms with van der Waals surface area (Å²) in [6, 6.07) is 7.91. The van der Waals surface area contributed by atoms with Gasteiger partial charge in [0.1, 0.15) is 21.5 Å². The first kappa shape index (κ1) is 23.1. The van der Waals surface area contributed by atoms with Crippen LogP contribution in [0.25, 0.3) is 16.5 Å². The Hall–Kier alpha value is -3.58. The summed E-state index contributed by atoms with van der Waals surface area (Å²) in [5.74, 6) is 0.121. The molecule has 0 aliphatic carbocycles. The lowest BCUT2D eigenvalue weighted by atomic mass is 9.98. The van der Waals surface area contributed by atoms with Crippen molar-refractivity contribution in [3.63, 3.8) is 0 Å². The SMILES string of the molecule is CC(=N/C=C(/C=N\N/C(N)=C/C#N)c1cnc2ccc(F)cc2c1)C1CCS(=O)(=O)CC1. The van der Waals surface area contributed by atoms with Crippen LogP contribution in [-0.2, 0) is 9.84 Å². The summed E-state index contributed by atoms with van der Waals surface area (Å²) < 4.78 is 37.0. The zero-order chi connectivity index (χ0) is 23.1. The predicted molar refractivity (Wildman–Crippen MR) is 124 cm³/mol. The van der Waals surface area contributed by atoms with Crippen LogP contribution in [0.2, 0.25) is 0 Å². The van der Waals surface area contributed by atoms with E-state index < -0.39 is 9.84 Å². The molecule has 2 aromatic rings. The second-order valence-electron chi connectivity index (χ2n) is 7.44. The van der Waals surface area contributed by atoms with Crippen LogP contribution in [0.1, 0.15) is 25.3 Å². The van der Waals surface area contributed by atoms with Gasteiger partial charge in [-0.2, -0.15) is 10.4 Å². The molecule has 0 unspecified atom stereocenters. The van der Waals surface area contributed by atoms with E-state index in [4.69, 9.17) is 11.0 Å². The minimum Gasteiger partial charge on any atom is -0.384 e. The van der Waals surface area contributed by atoms with Gasteiger partial charge in [-0.05, 0) is 49.9 Å².